The summed E-state index contributed by atoms with van der Waals surface area (Å²) in [5.74, 6) is 0.861. The van der Waals surface area contributed by atoms with Crippen molar-refractivity contribution in [2.75, 3.05) is 0 Å². The summed E-state index contributed by atoms with van der Waals surface area (Å²) in [5, 5.41) is 5.96. The fraction of sp³-hybridized carbons (Fsp3) is 0.579. The number of carbonyl (C=O) groups is 2. The van der Waals surface area contributed by atoms with Gasteiger partial charge in [-0.05, 0) is 58.6 Å². The number of rotatable bonds is 1. The highest BCUT2D eigenvalue weighted by atomic mass is 16.5. The van der Waals surface area contributed by atoms with Crippen LogP contribution < -0.4 is 15.4 Å². The third kappa shape index (κ3) is 3.71. The molecule has 1 aromatic carbocycles. The van der Waals surface area contributed by atoms with Crippen molar-refractivity contribution >= 4 is 11.8 Å². The lowest BCUT2D eigenvalue weighted by atomic mass is 9.76. The highest BCUT2D eigenvalue weighted by Crippen LogP contribution is 2.41. The Morgan fingerprint density at radius 2 is 1.88 bits per heavy atom. The van der Waals surface area contributed by atoms with E-state index in [-0.39, 0.29) is 23.4 Å². The zero-order valence-electron chi connectivity index (χ0n) is 14.6. The van der Waals surface area contributed by atoms with Gasteiger partial charge in [0.1, 0.15) is 11.4 Å². The minimum absolute atomic E-state index is 0.130. The van der Waals surface area contributed by atoms with E-state index in [0.717, 1.165) is 25.7 Å². The zero-order chi connectivity index (χ0) is 17.4. The monoisotopic (exact) mass is 330 g/mol. The van der Waals surface area contributed by atoms with Crippen molar-refractivity contribution in [2.24, 2.45) is 0 Å². The molecule has 1 aromatic rings. The molecular formula is C19H26N2O3. The molecule has 1 heterocycles. The molecule has 1 aliphatic heterocycles. The second-order valence-electron chi connectivity index (χ2n) is 8.00. The molecule has 130 valence electrons. The molecule has 3 rings (SSSR count). The van der Waals surface area contributed by atoms with Crippen molar-refractivity contribution in [1.29, 1.82) is 0 Å². The van der Waals surface area contributed by atoms with Gasteiger partial charge in [0, 0.05) is 11.6 Å². The second kappa shape index (κ2) is 6.11. The number of hydrogen-bond donors (Lipinski definition) is 2. The summed E-state index contributed by atoms with van der Waals surface area (Å²) in [6, 6.07) is 7.47. The molecule has 2 amide bonds. The zero-order valence-corrected chi connectivity index (χ0v) is 14.6. The second-order valence-corrected chi connectivity index (χ2v) is 8.00. The number of ketones is 1. The molecule has 5 heteroatoms. The molecule has 0 bridgehead atoms. The van der Waals surface area contributed by atoms with Crippen molar-refractivity contribution in [3.63, 3.8) is 0 Å². The maximum atomic E-state index is 12.4. The first kappa shape index (κ1) is 16.8. The van der Waals surface area contributed by atoms with Crippen LogP contribution in [0.2, 0.25) is 0 Å². The fourth-order valence-corrected chi connectivity index (χ4v) is 3.57. The Morgan fingerprint density at radius 3 is 2.54 bits per heavy atom. The Bertz CT molecular complexity index is 640. The van der Waals surface area contributed by atoms with E-state index in [1.165, 1.54) is 0 Å². The van der Waals surface area contributed by atoms with Crippen LogP contribution in [0.15, 0.2) is 24.3 Å². The van der Waals surface area contributed by atoms with Gasteiger partial charge >= 0.3 is 6.03 Å². The molecule has 0 saturated heterocycles. The first-order valence-corrected chi connectivity index (χ1v) is 8.66. The number of amides is 2. The molecule has 0 aromatic heterocycles. The molecular weight excluding hydrogens is 304 g/mol. The highest BCUT2D eigenvalue weighted by molar-refractivity contribution is 6.00. The fourth-order valence-electron chi connectivity index (χ4n) is 3.57. The SMILES string of the molecule is CC(C)(C)NC(=O)NC1CCC2(CC1)CC(=O)c1ccccc1O2. The lowest BCUT2D eigenvalue weighted by molar-refractivity contribution is 0.00780. The maximum Gasteiger partial charge on any atom is 0.315 e. The van der Waals surface area contributed by atoms with Crippen LogP contribution in [0.25, 0.3) is 0 Å². The summed E-state index contributed by atoms with van der Waals surface area (Å²) in [5.41, 5.74) is 0.0418. The van der Waals surface area contributed by atoms with Crippen LogP contribution in [0.5, 0.6) is 5.75 Å². The minimum Gasteiger partial charge on any atom is -0.486 e. The Kier molecular flexibility index (Phi) is 4.28. The molecule has 0 radical (unpaired) electrons. The summed E-state index contributed by atoms with van der Waals surface area (Å²) in [6.07, 6.45) is 3.66. The molecule has 1 aliphatic carbocycles. The average molecular weight is 330 g/mol. The highest BCUT2D eigenvalue weighted by Gasteiger charge is 2.43. The van der Waals surface area contributed by atoms with E-state index in [2.05, 4.69) is 10.6 Å². The van der Waals surface area contributed by atoms with Crippen molar-refractivity contribution in [1.82, 2.24) is 10.6 Å². The van der Waals surface area contributed by atoms with Gasteiger partial charge in [-0.1, -0.05) is 12.1 Å². The number of fused-ring (bicyclic) bond motifs is 1. The van der Waals surface area contributed by atoms with E-state index in [1.54, 1.807) is 0 Å². The third-order valence-electron chi connectivity index (χ3n) is 4.72. The third-order valence-corrected chi connectivity index (χ3v) is 4.72. The maximum absolute atomic E-state index is 12.4. The Balaban J connectivity index is 1.59. The molecule has 2 N–H and O–H groups in total. The van der Waals surface area contributed by atoms with Crippen LogP contribution in [0.3, 0.4) is 0 Å². The molecule has 2 aliphatic rings. The number of Topliss-reactive ketones (excluding diaryl/α,β-unsaturated/α-hetero) is 1. The number of benzene rings is 1. The number of carbonyl (C=O) groups excluding carboxylic acids is 2. The van der Waals surface area contributed by atoms with Crippen molar-refractivity contribution in [3.05, 3.63) is 29.8 Å². The molecule has 0 atom stereocenters. The van der Waals surface area contributed by atoms with Gasteiger partial charge < -0.3 is 15.4 Å². The van der Waals surface area contributed by atoms with Crippen molar-refractivity contribution in [2.45, 2.75) is 70.1 Å². The normalized spacial score (nSPS) is 26.5. The van der Waals surface area contributed by atoms with Gasteiger partial charge in [0.25, 0.3) is 0 Å². The van der Waals surface area contributed by atoms with E-state index in [9.17, 15) is 9.59 Å². The Labute approximate surface area is 143 Å². The van der Waals surface area contributed by atoms with Crippen molar-refractivity contribution < 1.29 is 14.3 Å². The summed E-state index contributed by atoms with van der Waals surface area (Å²) < 4.78 is 6.22. The molecule has 0 unspecified atom stereocenters. The van der Waals surface area contributed by atoms with Crippen LogP contribution in [-0.4, -0.2) is 29.0 Å². The molecule has 1 spiro atoms. The first-order valence-electron chi connectivity index (χ1n) is 8.66. The van der Waals surface area contributed by atoms with Gasteiger partial charge in [0.15, 0.2) is 5.78 Å². The first-order chi connectivity index (χ1) is 11.3. The van der Waals surface area contributed by atoms with Gasteiger partial charge in [-0.2, -0.15) is 0 Å². The van der Waals surface area contributed by atoms with E-state index in [1.807, 2.05) is 45.0 Å². The Hall–Kier alpha value is -2.04. The van der Waals surface area contributed by atoms with Crippen LogP contribution in [0.1, 0.15) is 63.2 Å². The Morgan fingerprint density at radius 1 is 1.21 bits per heavy atom. The van der Waals surface area contributed by atoms with Crippen molar-refractivity contribution in [3.8, 4) is 5.75 Å². The standard InChI is InChI=1S/C19H26N2O3/c1-18(2,3)21-17(23)20-13-8-10-19(11-9-13)12-15(22)14-6-4-5-7-16(14)24-19/h4-7,13H,8-12H2,1-3H3,(H2,20,21,23). The predicted molar refractivity (Wildman–Crippen MR) is 92.4 cm³/mol. The summed E-state index contributed by atoms with van der Waals surface area (Å²) in [6.45, 7) is 5.88. The van der Waals surface area contributed by atoms with Crippen LogP contribution >= 0.6 is 0 Å². The number of urea groups is 1. The molecule has 24 heavy (non-hydrogen) atoms. The predicted octanol–water partition coefficient (Wildman–Crippen LogP) is 3.43. The molecule has 1 fully saturated rings. The summed E-state index contributed by atoms with van der Waals surface area (Å²) in [4.78, 5) is 24.4. The lowest BCUT2D eigenvalue weighted by Crippen LogP contribution is -2.53. The van der Waals surface area contributed by atoms with Crippen LogP contribution in [0, 0.1) is 0 Å². The topological polar surface area (TPSA) is 67.4 Å². The molecule has 5 nitrogen and oxygen atoms in total. The average Bonchev–Trinajstić information content (AvgIpc) is 2.48. The molecule has 1 saturated carbocycles. The number of para-hydroxylation sites is 1. The van der Waals surface area contributed by atoms with E-state index in [4.69, 9.17) is 4.74 Å². The smallest absolute Gasteiger partial charge is 0.315 e. The van der Waals surface area contributed by atoms with Gasteiger partial charge in [0.05, 0.1) is 12.0 Å². The number of hydrogen-bond acceptors (Lipinski definition) is 3. The van der Waals surface area contributed by atoms with Gasteiger partial charge in [-0.15, -0.1) is 0 Å². The van der Waals surface area contributed by atoms with E-state index in [0.29, 0.717) is 17.7 Å². The van der Waals surface area contributed by atoms with E-state index < -0.39 is 5.60 Å². The lowest BCUT2D eigenvalue weighted by Gasteiger charge is -2.43. The summed E-state index contributed by atoms with van der Waals surface area (Å²) >= 11 is 0. The van der Waals surface area contributed by atoms with Crippen LogP contribution in [0.4, 0.5) is 4.79 Å². The van der Waals surface area contributed by atoms with Gasteiger partial charge in [0.2, 0.25) is 0 Å². The van der Waals surface area contributed by atoms with Crippen LogP contribution in [-0.2, 0) is 0 Å². The van der Waals surface area contributed by atoms with Gasteiger partial charge in [-0.25, -0.2) is 4.79 Å². The number of ether oxygens (including phenoxy) is 1. The summed E-state index contributed by atoms with van der Waals surface area (Å²) in [7, 11) is 0. The van der Waals surface area contributed by atoms with E-state index >= 15 is 0 Å². The largest absolute Gasteiger partial charge is 0.486 e. The van der Waals surface area contributed by atoms with Gasteiger partial charge in [-0.3, -0.25) is 4.79 Å². The quantitative estimate of drug-likeness (QED) is 0.829. The minimum atomic E-state index is -0.399. The number of nitrogens with one attached hydrogen (secondary N) is 2.